The highest BCUT2D eigenvalue weighted by Gasteiger charge is 2.53. The lowest BCUT2D eigenvalue weighted by atomic mass is 9.79. The third kappa shape index (κ3) is 6.93. The number of anilines is 1. The molecule has 1 aliphatic carbocycles. The zero-order valence-corrected chi connectivity index (χ0v) is 27.0. The molecule has 2 aliphatic heterocycles. The van der Waals surface area contributed by atoms with Gasteiger partial charge >= 0.3 is 0 Å². The second kappa shape index (κ2) is 13.0. The van der Waals surface area contributed by atoms with E-state index in [1.807, 2.05) is 28.6 Å². The topological polar surface area (TPSA) is 117 Å². The van der Waals surface area contributed by atoms with Gasteiger partial charge in [-0.25, -0.2) is 13.1 Å². The maximum Gasteiger partial charge on any atom is 0.246 e. The molecule has 2 N–H and O–H groups in total. The van der Waals surface area contributed by atoms with Gasteiger partial charge in [-0.05, 0) is 69.7 Å². The second-order valence-electron chi connectivity index (χ2n) is 12.9. The number of likely N-dealkylation sites (tertiary alicyclic amines) is 1. The third-order valence-corrected chi connectivity index (χ3v) is 10.4. The molecule has 1 aromatic heterocycles. The molecular formula is C32H48N6O4S. The number of rotatable bonds is 10. The van der Waals surface area contributed by atoms with Crippen LogP contribution in [0.2, 0.25) is 0 Å². The molecule has 1 spiro atoms. The van der Waals surface area contributed by atoms with Gasteiger partial charge in [0.05, 0.1) is 17.6 Å². The molecular weight excluding hydrogens is 564 g/mol. The number of nitrogens with one attached hydrogen (secondary N) is 2. The Labute approximate surface area is 256 Å². The number of sulfonamides is 1. The minimum absolute atomic E-state index is 0.0395. The summed E-state index contributed by atoms with van der Waals surface area (Å²) >= 11 is 0. The van der Waals surface area contributed by atoms with Crippen molar-refractivity contribution in [3.05, 3.63) is 41.2 Å². The van der Waals surface area contributed by atoms with Crippen molar-refractivity contribution >= 4 is 27.5 Å². The first kappa shape index (κ1) is 31.5. The van der Waals surface area contributed by atoms with Crippen molar-refractivity contribution in [3.8, 4) is 5.69 Å². The predicted octanol–water partition coefficient (Wildman–Crippen LogP) is 4.29. The highest BCUT2D eigenvalue weighted by molar-refractivity contribution is 7.92. The Morgan fingerprint density at radius 2 is 1.72 bits per heavy atom. The quantitative estimate of drug-likeness (QED) is 0.414. The van der Waals surface area contributed by atoms with Crippen molar-refractivity contribution in [1.29, 1.82) is 0 Å². The number of aromatic nitrogens is 2. The van der Waals surface area contributed by atoms with Gasteiger partial charge in [-0.2, -0.15) is 5.10 Å². The molecule has 1 saturated carbocycles. The molecule has 1 atom stereocenters. The number of carbonyl (C=O) groups excluding carboxylic acids is 2. The van der Waals surface area contributed by atoms with Crippen molar-refractivity contribution in [2.24, 2.45) is 5.92 Å². The van der Waals surface area contributed by atoms with Crippen LogP contribution in [0.3, 0.4) is 0 Å². The molecule has 0 bridgehead atoms. The zero-order chi connectivity index (χ0) is 30.8. The van der Waals surface area contributed by atoms with Crippen LogP contribution in [-0.4, -0.2) is 77.3 Å². The third-order valence-electron chi connectivity index (χ3n) is 9.76. The molecule has 11 heteroatoms. The molecule has 0 radical (unpaired) electrons. The molecule has 3 heterocycles. The maximum atomic E-state index is 13.9. The second-order valence-corrected chi connectivity index (χ2v) is 14.6. The fourth-order valence-electron chi connectivity index (χ4n) is 7.27. The number of hydrogen-bond acceptors (Lipinski definition) is 6. The van der Waals surface area contributed by atoms with Crippen LogP contribution in [-0.2, 0) is 26.2 Å². The summed E-state index contributed by atoms with van der Waals surface area (Å²) in [4.78, 5) is 32.0. The van der Waals surface area contributed by atoms with Crippen LogP contribution in [0.25, 0.3) is 5.69 Å². The van der Waals surface area contributed by atoms with Crippen molar-refractivity contribution in [1.82, 2.24) is 24.9 Å². The van der Waals surface area contributed by atoms with E-state index in [1.54, 1.807) is 12.1 Å². The fourth-order valence-corrected chi connectivity index (χ4v) is 7.84. The lowest BCUT2D eigenvalue weighted by Gasteiger charge is -2.52. The summed E-state index contributed by atoms with van der Waals surface area (Å²) in [6.45, 7) is 9.02. The number of aryl methyl sites for hydroxylation is 1. The first-order valence-corrected chi connectivity index (χ1v) is 17.9. The molecule has 10 nitrogen and oxygen atoms in total. The van der Waals surface area contributed by atoms with Crippen molar-refractivity contribution in [3.63, 3.8) is 0 Å². The van der Waals surface area contributed by atoms with Gasteiger partial charge in [-0.1, -0.05) is 45.4 Å². The standard InChI is InChI=1S/C32H48N6O4S/c1-5-6-18-37-30(39)29(21-25-10-8-7-9-11-25)33-31(40)32(37)16-19-36(20-17-32)22-28-23(2)34-38(24(28)3)27-14-12-26(13-15-27)35-43(4,41)42/h12-15,25,29,35H,5-11,16-22H2,1-4H3,(H,33,40). The lowest BCUT2D eigenvalue weighted by molar-refractivity contribution is -0.162. The summed E-state index contributed by atoms with van der Waals surface area (Å²) in [7, 11) is -3.34. The van der Waals surface area contributed by atoms with E-state index in [2.05, 4.69) is 28.8 Å². The van der Waals surface area contributed by atoms with Crippen molar-refractivity contribution in [2.75, 3.05) is 30.6 Å². The van der Waals surface area contributed by atoms with Crippen LogP contribution < -0.4 is 10.0 Å². The lowest BCUT2D eigenvalue weighted by Crippen LogP contribution is -2.73. The minimum atomic E-state index is -3.34. The molecule has 2 saturated heterocycles. The Morgan fingerprint density at radius 1 is 1.05 bits per heavy atom. The number of piperidine rings is 1. The highest BCUT2D eigenvalue weighted by Crippen LogP contribution is 2.36. The van der Waals surface area contributed by atoms with Gasteiger partial charge in [-0.15, -0.1) is 0 Å². The summed E-state index contributed by atoms with van der Waals surface area (Å²) < 4.78 is 27.5. The van der Waals surface area contributed by atoms with Gasteiger partial charge in [0.25, 0.3) is 0 Å². The highest BCUT2D eigenvalue weighted by atomic mass is 32.2. The van der Waals surface area contributed by atoms with Crippen LogP contribution in [0.4, 0.5) is 5.69 Å². The predicted molar refractivity (Wildman–Crippen MR) is 168 cm³/mol. The number of hydrogen-bond donors (Lipinski definition) is 2. The van der Waals surface area contributed by atoms with Gasteiger partial charge in [0.1, 0.15) is 11.6 Å². The molecule has 2 aromatic rings. The van der Waals surface area contributed by atoms with Gasteiger partial charge in [0.15, 0.2) is 0 Å². The van der Waals surface area contributed by atoms with Crippen LogP contribution >= 0.6 is 0 Å². The number of benzene rings is 1. The Morgan fingerprint density at radius 3 is 2.35 bits per heavy atom. The van der Waals surface area contributed by atoms with Gasteiger partial charge in [-0.3, -0.25) is 19.2 Å². The molecule has 236 valence electrons. The van der Waals surface area contributed by atoms with E-state index in [1.165, 1.54) is 19.3 Å². The number of piperazine rings is 1. The molecule has 1 aromatic carbocycles. The van der Waals surface area contributed by atoms with Crippen molar-refractivity contribution in [2.45, 2.75) is 103 Å². The fraction of sp³-hybridized carbons (Fsp3) is 0.656. The summed E-state index contributed by atoms with van der Waals surface area (Å²) in [6.07, 6.45) is 11.1. The minimum Gasteiger partial charge on any atom is -0.342 e. The summed E-state index contributed by atoms with van der Waals surface area (Å²) in [5.74, 6) is 0.692. The van der Waals surface area contributed by atoms with Crippen LogP contribution in [0.1, 0.15) is 88.1 Å². The number of unbranched alkanes of at least 4 members (excludes halogenated alkanes) is 1. The van der Waals surface area contributed by atoms with Crippen LogP contribution in [0.5, 0.6) is 0 Å². The summed E-state index contributed by atoms with van der Waals surface area (Å²) in [5.41, 5.74) is 3.72. The molecule has 3 aliphatic rings. The van der Waals surface area contributed by atoms with Gasteiger partial charge in [0.2, 0.25) is 21.8 Å². The maximum absolute atomic E-state index is 13.9. The first-order valence-electron chi connectivity index (χ1n) is 16.0. The zero-order valence-electron chi connectivity index (χ0n) is 26.2. The average molecular weight is 613 g/mol. The first-order chi connectivity index (χ1) is 20.5. The van der Waals surface area contributed by atoms with E-state index >= 15 is 0 Å². The largest absolute Gasteiger partial charge is 0.342 e. The molecule has 5 rings (SSSR count). The van der Waals surface area contributed by atoms with E-state index in [9.17, 15) is 18.0 Å². The molecule has 3 fully saturated rings. The number of carbonyl (C=O) groups is 2. The molecule has 43 heavy (non-hydrogen) atoms. The van der Waals surface area contributed by atoms with E-state index in [4.69, 9.17) is 5.10 Å². The summed E-state index contributed by atoms with van der Waals surface area (Å²) in [6, 6.07) is 6.79. The monoisotopic (exact) mass is 612 g/mol. The molecule has 2 amide bonds. The average Bonchev–Trinajstić information content (AvgIpc) is 3.25. The van der Waals surface area contributed by atoms with Crippen LogP contribution in [0, 0.1) is 19.8 Å². The number of amides is 2. The SMILES string of the molecule is CCCCN1C(=O)C(CC2CCCCC2)NC(=O)C12CCN(Cc1c(C)nn(-c3ccc(NS(C)(=O)=O)cc3)c1C)CC2. The van der Waals surface area contributed by atoms with E-state index < -0.39 is 15.6 Å². The Bertz CT molecular complexity index is 1410. The van der Waals surface area contributed by atoms with Gasteiger partial charge in [0, 0.05) is 43.1 Å². The van der Waals surface area contributed by atoms with E-state index in [0.29, 0.717) is 31.0 Å². The molecule has 1 unspecified atom stereocenters. The van der Waals surface area contributed by atoms with Crippen LogP contribution in [0.15, 0.2) is 24.3 Å². The van der Waals surface area contributed by atoms with Gasteiger partial charge < -0.3 is 10.2 Å². The number of nitrogens with zero attached hydrogens (tertiary/aromatic N) is 4. The van der Waals surface area contributed by atoms with Crippen molar-refractivity contribution < 1.29 is 18.0 Å². The Balaban J connectivity index is 1.27. The van der Waals surface area contributed by atoms with E-state index in [-0.39, 0.29) is 17.9 Å². The normalized spacial score (nSPS) is 21.8. The smallest absolute Gasteiger partial charge is 0.246 e. The Kier molecular flexibility index (Phi) is 9.51. The summed E-state index contributed by atoms with van der Waals surface area (Å²) in [5, 5.41) is 7.99. The van der Waals surface area contributed by atoms with E-state index in [0.717, 1.165) is 80.6 Å². The Hall–Kier alpha value is -2.92.